The highest BCUT2D eigenvalue weighted by atomic mass is 16.5. The minimum atomic E-state index is -0.836. The van der Waals surface area contributed by atoms with E-state index in [9.17, 15) is 4.79 Å². The summed E-state index contributed by atoms with van der Waals surface area (Å²) in [6.07, 6.45) is 1.36. The molecule has 0 aromatic heterocycles. The molecule has 0 spiro atoms. The molecule has 0 aliphatic carbocycles. The second-order valence-electron chi connectivity index (χ2n) is 4.17. The first kappa shape index (κ1) is 14.4. The van der Waals surface area contributed by atoms with Crippen LogP contribution in [-0.2, 0) is 19.0 Å². The zero-order chi connectivity index (χ0) is 12.6. The van der Waals surface area contributed by atoms with E-state index in [2.05, 4.69) is 5.32 Å². The summed E-state index contributed by atoms with van der Waals surface area (Å²) in [6.45, 7) is 3.23. The fourth-order valence-electron chi connectivity index (χ4n) is 1.56. The molecule has 1 unspecified atom stereocenters. The number of carbonyl (C=O) groups is 1. The molecule has 1 rings (SSSR count). The molecule has 3 N–H and O–H groups in total. The standard InChI is InChI=1S/C11H22N2O4/c1-15-7-8-16-5-2-4-13-10(14)11(12)3-6-17-9-11/h2-9,12H2,1H3,(H,13,14). The molecule has 1 fully saturated rings. The summed E-state index contributed by atoms with van der Waals surface area (Å²) in [5.74, 6) is -0.133. The summed E-state index contributed by atoms with van der Waals surface area (Å²) in [5, 5.41) is 2.80. The fraction of sp³-hybridized carbons (Fsp3) is 0.909. The third-order valence-corrected chi connectivity index (χ3v) is 2.69. The Bertz CT molecular complexity index is 230. The van der Waals surface area contributed by atoms with Gasteiger partial charge in [0.2, 0.25) is 5.91 Å². The molecular formula is C11H22N2O4. The molecule has 1 atom stereocenters. The minimum absolute atomic E-state index is 0.133. The van der Waals surface area contributed by atoms with Crippen molar-refractivity contribution in [1.29, 1.82) is 0 Å². The van der Waals surface area contributed by atoms with Gasteiger partial charge in [-0.25, -0.2) is 0 Å². The molecule has 0 aromatic carbocycles. The lowest BCUT2D eigenvalue weighted by Gasteiger charge is -2.20. The van der Waals surface area contributed by atoms with Gasteiger partial charge in [-0.1, -0.05) is 0 Å². The van der Waals surface area contributed by atoms with E-state index in [1.807, 2.05) is 0 Å². The van der Waals surface area contributed by atoms with Gasteiger partial charge in [-0.3, -0.25) is 4.79 Å². The number of ether oxygens (including phenoxy) is 3. The predicted octanol–water partition coefficient (Wildman–Crippen LogP) is -0.726. The largest absolute Gasteiger partial charge is 0.382 e. The average Bonchev–Trinajstić information content (AvgIpc) is 2.76. The van der Waals surface area contributed by atoms with Crippen molar-refractivity contribution in [3.05, 3.63) is 0 Å². The maximum atomic E-state index is 11.7. The zero-order valence-electron chi connectivity index (χ0n) is 10.4. The summed E-state index contributed by atoms with van der Waals surface area (Å²) in [7, 11) is 1.63. The van der Waals surface area contributed by atoms with Crippen LogP contribution in [0.5, 0.6) is 0 Å². The Labute approximate surface area is 102 Å². The molecule has 1 saturated heterocycles. The van der Waals surface area contributed by atoms with Crippen molar-refractivity contribution in [3.63, 3.8) is 0 Å². The van der Waals surface area contributed by atoms with Gasteiger partial charge in [-0.15, -0.1) is 0 Å². The van der Waals surface area contributed by atoms with Crippen LogP contribution in [0.1, 0.15) is 12.8 Å². The summed E-state index contributed by atoms with van der Waals surface area (Å²) in [6, 6.07) is 0. The van der Waals surface area contributed by atoms with Crippen LogP contribution >= 0.6 is 0 Å². The van der Waals surface area contributed by atoms with Crippen molar-refractivity contribution >= 4 is 5.91 Å². The Kier molecular flexibility index (Phi) is 6.43. The lowest BCUT2D eigenvalue weighted by molar-refractivity contribution is -0.126. The number of nitrogens with one attached hydrogen (secondary N) is 1. The summed E-state index contributed by atoms with van der Waals surface area (Å²) < 4.78 is 15.2. The van der Waals surface area contributed by atoms with Gasteiger partial charge in [0, 0.05) is 26.9 Å². The molecule has 1 heterocycles. The van der Waals surface area contributed by atoms with E-state index in [-0.39, 0.29) is 5.91 Å². The number of amides is 1. The number of methoxy groups -OCH3 is 1. The monoisotopic (exact) mass is 246 g/mol. The Balaban J connectivity index is 2.00. The quantitative estimate of drug-likeness (QED) is 0.552. The smallest absolute Gasteiger partial charge is 0.242 e. The van der Waals surface area contributed by atoms with Crippen molar-refractivity contribution < 1.29 is 19.0 Å². The molecule has 0 saturated carbocycles. The van der Waals surface area contributed by atoms with Gasteiger partial charge in [0.25, 0.3) is 0 Å². The SMILES string of the molecule is COCCOCCCNC(=O)C1(N)CCOC1. The Morgan fingerprint density at radius 2 is 2.29 bits per heavy atom. The maximum absolute atomic E-state index is 11.7. The van der Waals surface area contributed by atoms with Crippen molar-refractivity contribution in [2.45, 2.75) is 18.4 Å². The molecule has 1 amide bonds. The molecule has 1 aliphatic heterocycles. The van der Waals surface area contributed by atoms with Crippen molar-refractivity contribution in [1.82, 2.24) is 5.32 Å². The van der Waals surface area contributed by atoms with Crippen molar-refractivity contribution in [3.8, 4) is 0 Å². The summed E-state index contributed by atoms with van der Waals surface area (Å²) in [4.78, 5) is 11.7. The van der Waals surface area contributed by atoms with Gasteiger partial charge in [-0.05, 0) is 12.8 Å². The summed E-state index contributed by atoms with van der Waals surface area (Å²) >= 11 is 0. The number of rotatable bonds is 8. The number of hydrogen-bond donors (Lipinski definition) is 2. The van der Waals surface area contributed by atoms with Gasteiger partial charge < -0.3 is 25.3 Å². The highest BCUT2D eigenvalue weighted by Crippen LogP contribution is 2.15. The molecule has 17 heavy (non-hydrogen) atoms. The van der Waals surface area contributed by atoms with E-state index < -0.39 is 5.54 Å². The molecule has 6 nitrogen and oxygen atoms in total. The Morgan fingerprint density at radius 1 is 1.47 bits per heavy atom. The topological polar surface area (TPSA) is 82.8 Å². The molecule has 0 aromatic rings. The molecular weight excluding hydrogens is 224 g/mol. The maximum Gasteiger partial charge on any atom is 0.242 e. The van der Waals surface area contributed by atoms with Crippen LogP contribution in [0.3, 0.4) is 0 Å². The third kappa shape index (κ3) is 4.99. The van der Waals surface area contributed by atoms with Gasteiger partial charge in [0.1, 0.15) is 5.54 Å². The zero-order valence-corrected chi connectivity index (χ0v) is 10.4. The third-order valence-electron chi connectivity index (χ3n) is 2.69. The van der Waals surface area contributed by atoms with Gasteiger partial charge in [-0.2, -0.15) is 0 Å². The van der Waals surface area contributed by atoms with Crippen LogP contribution in [-0.4, -0.2) is 58.1 Å². The van der Waals surface area contributed by atoms with Crippen molar-refractivity contribution in [2.24, 2.45) is 5.73 Å². The van der Waals surface area contributed by atoms with E-state index in [1.165, 1.54) is 0 Å². The minimum Gasteiger partial charge on any atom is -0.382 e. The van der Waals surface area contributed by atoms with Gasteiger partial charge in [0.15, 0.2) is 0 Å². The van der Waals surface area contributed by atoms with E-state index in [0.29, 0.717) is 46.0 Å². The van der Waals surface area contributed by atoms with Gasteiger partial charge >= 0.3 is 0 Å². The van der Waals surface area contributed by atoms with Crippen LogP contribution in [0, 0.1) is 0 Å². The molecule has 0 radical (unpaired) electrons. The molecule has 100 valence electrons. The second-order valence-corrected chi connectivity index (χ2v) is 4.17. The van der Waals surface area contributed by atoms with Crippen LogP contribution in [0.2, 0.25) is 0 Å². The van der Waals surface area contributed by atoms with Crippen LogP contribution in [0.4, 0.5) is 0 Å². The first-order valence-electron chi connectivity index (χ1n) is 5.91. The van der Waals surface area contributed by atoms with E-state index in [0.717, 1.165) is 6.42 Å². The first-order valence-corrected chi connectivity index (χ1v) is 5.91. The van der Waals surface area contributed by atoms with E-state index in [1.54, 1.807) is 7.11 Å². The van der Waals surface area contributed by atoms with Gasteiger partial charge in [0.05, 0.1) is 19.8 Å². The lowest BCUT2D eigenvalue weighted by Crippen LogP contribution is -2.54. The normalized spacial score (nSPS) is 23.9. The fourth-order valence-corrected chi connectivity index (χ4v) is 1.56. The van der Waals surface area contributed by atoms with E-state index >= 15 is 0 Å². The second kappa shape index (κ2) is 7.60. The van der Waals surface area contributed by atoms with Crippen LogP contribution in [0.15, 0.2) is 0 Å². The number of nitrogens with two attached hydrogens (primary N) is 1. The predicted molar refractivity (Wildman–Crippen MR) is 62.7 cm³/mol. The van der Waals surface area contributed by atoms with Crippen LogP contribution in [0.25, 0.3) is 0 Å². The molecule has 0 bridgehead atoms. The first-order chi connectivity index (χ1) is 8.19. The highest BCUT2D eigenvalue weighted by Gasteiger charge is 2.37. The summed E-state index contributed by atoms with van der Waals surface area (Å²) in [5.41, 5.74) is 5.06. The highest BCUT2D eigenvalue weighted by molar-refractivity contribution is 5.86. The Morgan fingerprint density at radius 3 is 2.94 bits per heavy atom. The Hall–Kier alpha value is -0.690. The average molecular weight is 246 g/mol. The lowest BCUT2D eigenvalue weighted by atomic mass is 9.99. The van der Waals surface area contributed by atoms with Crippen molar-refractivity contribution in [2.75, 3.05) is 46.7 Å². The van der Waals surface area contributed by atoms with Crippen LogP contribution < -0.4 is 11.1 Å². The number of carbonyl (C=O) groups excluding carboxylic acids is 1. The molecule has 1 aliphatic rings. The number of hydrogen-bond acceptors (Lipinski definition) is 5. The molecule has 6 heteroatoms. The van der Waals surface area contributed by atoms with E-state index in [4.69, 9.17) is 19.9 Å².